The van der Waals surface area contributed by atoms with E-state index in [-0.39, 0.29) is 0 Å². The molecule has 0 saturated heterocycles. The standard InChI is InChI=1S/C11H13N3/c1-8-4-3-5-10(11(8)12)9-6-13-14(2)7-9/h3-7H,12H2,1-2H3. The zero-order chi connectivity index (χ0) is 10.1. The van der Waals surface area contributed by atoms with Crippen molar-refractivity contribution < 1.29 is 0 Å². The Bertz CT molecular complexity index is 457. The molecular formula is C11H13N3. The molecule has 0 unspecified atom stereocenters. The van der Waals surface area contributed by atoms with Crippen molar-refractivity contribution in [3.05, 3.63) is 36.2 Å². The van der Waals surface area contributed by atoms with Gasteiger partial charge in [0.1, 0.15) is 0 Å². The lowest BCUT2D eigenvalue weighted by atomic mass is 10.0. The van der Waals surface area contributed by atoms with Gasteiger partial charge in [-0.2, -0.15) is 5.10 Å². The van der Waals surface area contributed by atoms with Crippen LogP contribution < -0.4 is 5.73 Å². The quantitative estimate of drug-likeness (QED) is 0.694. The second kappa shape index (κ2) is 3.18. The van der Waals surface area contributed by atoms with Crippen molar-refractivity contribution in [2.75, 3.05) is 5.73 Å². The lowest BCUT2D eigenvalue weighted by Crippen LogP contribution is -1.92. The normalized spacial score (nSPS) is 10.4. The Kier molecular flexibility index (Phi) is 2.00. The fourth-order valence-electron chi connectivity index (χ4n) is 1.49. The Balaban J connectivity index is 2.57. The molecule has 2 N–H and O–H groups in total. The van der Waals surface area contributed by atoms with E-state index in [2.05, 4.69) is 5.10 Å². The third kappa shape index (κ3) is 1.37. The van der Waals surface area contributed by atoms with Crippen molar-refractivity contribution in [2.24, 2.45) is 7.05 Å². The maximum atomic E-state index is 5.99. The van der Waals surface area contributed by atoms with Gasteiger partial charge in [0.2, 0.25) is 0 Å². The highest BCUT2D eigenvalue weighted by Crippen LogP contribution is 2.27. The van der Waals surface area contributed by atoms with Gasteiger partial charge in [-0.3, -0.25) is 4.68 Å². The summed E-state index contributed by atoms with van der Waals surface area (Å²) in [5, 5.41) is 4.12. The fourth-order valence-corrected chi connectivity index (χ4v) is 1.49. The maximum Gasteiger partial charge on any atom is 0.0568 e. The highest BCUT2D eigenvalue weighted by atomic mass is 15.2. The van der Waals surface area contributed by atoms with E-state index >= 15 is 0 Å². The molecule has 1 heterocycles. The lowest BCUT2D eigenvalue weighted by Gasteiger charge is -2.05. The Labute approximate surface area is 83.2 Å². The molecule has 0 saturated carbocycles. The molecule has 72 valence electrons. The first-order valence-corrected chi connectivity index (χ1v) is 4.52. The van der Waals surface area contributed by atoms with E-state index in [4.69, 9.17) is 5.73 Å². The number of hydrogen-bond acceptors (Lipinski definition) is 2. The Morgan fingerprint density at radius 1 is 1.36 bits per heavy atom. The van der Waals surface area contributed by atoms with Crippen LogP contribution in [0.1, 0.15) is 5.56 Å². The summed E-state index contributed by atoms with van der Waals surface area (Å²) < 4.78 is 1.77. The number of nitrogens with two attached hydrogens (primary N) is 1. The van der Waals surface area contributed by atoms with E-state index in [1.807, 2.05) is 44.6 Å². The van der Waals surface area contributed by atoms with Crippen LogP contribution in [-0.4, -0.2) is 9.78 Å². The Hall–Kier alpha value is -1.77. The molecule has 0 atom stereocenters. The minimum atomic E-state index is 0.834. The Morgan fingerprint density at radius 3 is 2.79 bits per heavy atom. The third-order valence-electron chi connectivity index (χ3n) is 2.34. The number of para-hydroxylation sites is 1. The van der Waals surface area contributed by atoms with Gasteiger partial charge in [0.05, 0.1) is 6.20 Å². The SMILES string of the molecule is Cc1cccc(-c2cnn(C)c2)c1N. The summed E-state index contributed by atoms with van der Waals surface area (Å²) in [6, 6.07) is 6.03. The Morgan fingerprint density at radius 2 is 2.14 bits per heavy atom. The molecule has 0 fully saturated rings. The van der Waals surface area contributed by atoms with Gasteiger partial charge in [0.25, 0.3) is 0 Å². The summed E-state index contributed by atoms with van der Waals surface area (Å²) in [6.45, 7) is 2.01. The van der Waals surface area contributed by atoms with Crippen molar-refractivity contribution >= 4 is 5.69 Å². The molecule has 3 nitrogen and oxygen atoms in total. The second-order valence-electron chi connectivity index (χ2n) is 3.44. The van der Waals surface area contributed by atoms with Gasteiger partial charge in [-0.1, -0.05) is 18.2 Å². The van der Waals surface area contributed by atoms with E-state index < -0.39 is 0 Å². The number of aryl methyl sites for hydroxylation is 2. The first kappa shape index (κ1) is 8.81. The van der Waals surface area contributed by atoms with Gasteiger partial charge in [0, 0.05) is 30.1 Å². The van der Waals surface area contributed by atoms with Crippen LogP contribution in [0.3, 0.4) is 0 Å². The summed E-state index contributed by atoms with van der Waals surface area (Å²) in [4.78, 5) is 0. The molecule has 3 heteroatoms. The molecular weight excluding hydrogens is 174 g/mol. The van der Waals surface area contributed by atoms with Crippen molar-refractivity contribution in [3.63, 3.8) is 0 Å². The van der Waals surface area contributed by atoms with Crippen molar-refractivity contribution in [3.8, 4) is 11.1 Å². The molecule has 0 aliphatic heterocycles. The van der Waals surface area contributed by atoms with Crippen LogP contribution in [-0.2, 0) is 7.05 Å². The molecule has 1 aromatic heterocycles. The van der Waals surface area contributed by atoms with Crippen LogP contribution in [0.2, 0.25) is 0 Å². The maximum absolute atomic E-state index is 5.99. The molecule has 0 bridgehead atoms. The number of rotatable bonds is 1. The molecule has 0 aliphatic rings. The average molecular weight is 187 g/mol. The van der Waals surface area contributed by atoms with Crippen LogP contribution in [0.5, 0.6) is 0 Å². The molecule has 0 amide bonds. The third-order valence-corrected chi connectivity index (χ3v) is 2.34. The number of anilines is 1. The summed E-state index contributed by atoms with van der Waals surface area (Å²) in [6.07, 6.45) is 3.79. The number of nitrogen functional groups attached to an aromatic ring is 1. The molecule has 2 rings (SSSR count). The minimum absolute atomic E-state index is 0.834. The summed E-state index contributed by atoms with van der Waals surface area (Å²) >= 11 is 0. The van der Waals surface area contributed by atoms with E-state index in [9.17, 15) is 0 Å². The first-order chi connectivity index (χ1) is 6.68. The summed E-state index contributed by atoms with van der Waals surface area (Å²) in [7, 11) is 1.90. The van der Waals surface area contributed by atoms with Gasteiger partial charge in [0.15, 0.2) is 0 Å². The topological polar surface area (TPSA) is 43.8 Å². The zero-order valence-electron chi connectivity index (χ0n) is 8.36. The minimum Gasteiger partial charge on any atom is -0.398 e. The van der Waals surface area contributed by atoms with Gasteiger partial charge in [-0.25, -0.2) is 0 Å². The van der Waals surface area contributed by atoms with Crippen molar-refractivity contribution in [2.45, 2.75) is 6.92 Å². The smallest absolute Gasteiger partial charge is 0.0568 e. The number of hydrogen-bond donors (Lipinski definition) is 1. The predicted octanol–water partition coefficient (Wildman–Crippen LogP) is 1.98. The lowest BCUT2D eigenvalue weighted by molar-refractivity contribution is 0.768. The van der Waals surface area contributed by atoms with Crippen molar-refractivity contribution in [1.82, 2.24) is 9.78 Å². The molecule has 2 aromatic rings. The van der Waals surface area contributed by atoms with Gasteiger partial charge < -0.3 is 5.73 Å². The zero-order valence-corrected chi connectivity index (χ0v) is 8.36. The number of nitrogens with zero attached hydrogens (tertiary/aromatic N) is 2. The van der Waals surface area contributed by atoms with Gasteiger partial charge in [-0.15, -0.1) is 0 Å². The van der Waals surface area contributed by atoms with Crippen LogP contribution in [0.4, 0.5) is 5.69 Å². The van der Waals surface area contributed by atoms with Gasteiger partial charge >= 0.3 is 0 Å². The van der Waals surface area contributed by atoms with E-state index in [1.165, 1.54) is 0 Å². The fraction of sp³-hybridized carbons (Fsp3) is 0.182. The second-order valence-corrected chi connectivity index (χ2v) is 3.44. The van der Waals surface area contributed by atoms with Crippen LogP contribution in [0, 0.1) is 6.92 Å². The van der Waals surface area contributed by atoms with Crippen LogP contribution >= 0.6 is 0 Å². The number of benzene rings is 1. The van der Waals surface area contributed by atoms with E-state index in [0.29, 0.717) is 0 Å². The average Bonchev–Trinajstić information content (AvgIpc) is 2.57. The predicted molar refractivity (Wildman–Crippen MR) is 57.8 cm³/mol. The molecule has 0 spiro atoms. The molecule has 0 radical (unpaired) electrons. The molecule has 1 aromatic carbocycles. The van der Waals surface area contributed by atoms with Crippen molar-refractivity contribution in [1.29, 1.82) is 0 Å². The van der Waals surface area contributed by atoms with Crippen LogP contribution in [0.15, 0.2) is 30.6 Å². The summed E-state index contributed by atoms with van der Waals surface area (Å²) in [5.41, 5.74) is 10.0. The first-order valence-electron chi connectivity index (χ1n) is 4.52. The summed E-state index contributed by atoms with van der Waals surface area (Å²) in [5.74, 6) is 0. The number of aromatic nitrogens is 2. The molecule has 0 aliphatic carbocycles. The monoisotopic (exact) mass is 187 g/mol. The largest absolute Gasteiger partial charge is 0.398 e. The van der Waals surface area contributed by atoms with E-state index in [1.54, 1.807) is 4.68 Å². The van der Waals surface area contributed by atoms with E-state index in [0.717, 1.165) is 22.4 Å². The molecule has 14 heavy (non-hydrogen) atoms. The highest BCUT2D eigenvalue weighted by Gasteiger charge is 2.05. The van der Waals surface area contributed by atoms with Gasteiger partial charge in [-0.05, 0) is 12.5 Å². The highest BCUT2D eigenvalue weighted by molar-refractivity contribution is 5.77. The van der Waals surface area contributed by atoms with Crippen LogP contribution in [0.25, 0.3) is 11.1 Å².